The second-order valence-corrected chi connectivity index (χ2v) is 7.97. The number of aryl methyl sites for hydroxylation is 2. The van der Waals surface area contributed by atoms with E-state index in [1.807, 2.05) is 74.5 Å². The van der Waals surface area contributed by atoms with Crippen LogP contribution in [0.1, 0.15) is 22.3 Å². The van der Waals surface area contributed by atoms with E-state index in [9.17, 15) is 9.59 Å². The second-order valence-electron chi connectivity index (χ2n) is 7.97. The summed E-state index contributed by atoms with van der Waals surface area (Å²) >= 11 is 0. The number of hydrogen-bond donors (Lipinski definition) is 2. The third kappa shape index (κ3) is 5.66. The van der Waals surface area contributed by atoms with Crippen molar-refractivity contribution in [3.63, 3.8) is 0 Å². The molecule has 170 valence electrons. The van der Waals surface area contributed by atoms with Crippen LogP contribution in [0.25, 0.3) is 10.8 Å². The molecule has 0 aliphatic rings. The van der Waals surface area contributed by atoms with E-state index in [4.69, 9.17) is 4.74 Å². The van der Waals surface area contributed by atoms with Crippen LogP contribution in [0.15, 0.2) is 90.0 Å². The summed E-state index contributed by atoms with van der Waals surface area (Å²) < 4.78 is 5.98. The molecule has 0 saturated carbocycles. The number of hydrogen-bond acceptors (Lipinski definition) is 4. The van der Waals surface area contributed by atoms with Crippen LogP contribution in [-0.2, 0) is 16.2 Å². The summed E-state index contributed by atoms with van der Waals surface area (Å²) in [4.78, 5) is 24.2. The maximum atomic E-state index is 12.1. The van der Waals surface area contributed by atoms with Gasteiger partial charge >= 0.3 is 11.8 Å². The number of fused-ring (bicyclic) bond motifs is 1. The highest BCUT2D eigenvalue weighted by molar-refractivity contribution is 6.39. The van der Waals surface area contributed by atoms with Crippen LogP contribution in [0, 0.1) is 13.8 Å². The van der Waals surface area contributed by atoms with E-state index < -0.39 is 11.8 Å². The quantitative estimate of drug-likeness (QED) is 0.242. The van der Waals surface area contributed by atoms with Gasteiger partial charge in [-0.05, 0) is 59.5 Å². The normalized spacial score (nSPS) is 10.9. The van der Waals surface area contributed by atoms with Crippen LogP contribution >= 0.6 is 0 Å². The van der Waals surface area contributed by atoms with Crippen LogP contribution in [-0.4, -0.2) is 18.0 Å². The monoisotopic (exact) mass is 451 g/mol. The SMILES string of the molecule is Cc1ccc(NC(=O)C(=O)N/N=C/c2cccc(OCc3cccc4ccccc34)c2)c(C)c1. The molecule has 2 amide bonds. The molecule has 4 aromatic rings. The smallest absolute Gasteiger partial charge is 0.329 e. The number of nitrogens with one attached hydrogen (secondary N) is 2. The number of rotatable bonds is 6. The molecule has 0 aromatic heterocycles. The third-order valence-corrected chi connectivity index (χ3v) is 5.35. The van der Waals surface area contributed by atoms with Gasteiger partial charge in [0.15, 0.2) is 0 Å². The summed E-state index contributed by atoms with van der Waals surface area (Å²) in [7, 11) is 0. The van der Waals surface area contributed by atoms with E-state index >= 15 is 0 Å². The number of hydrazone groups is 1. The van der Waals surface area contributed by atoms with Crippen molar-refractivity contribution in [2.24, 2.45) is 5.10 Å². The summed E-state index contributed by atoms with van der Waals surface area (Å²) in [5, 5.41) is 8.82. The average molecular weight is 452 g/mol. The first-order valence-corrected chi connectivity index (χ1v) is 10.9. The molecule has 4 aromatic carbocycles. The number of nitrogens with zero attached hydrogens (tertiary/aromatic N) is 1. The minimum absolute atomic E-state index is 0.428. The Morgan fingerprint density at radius 3 is 2.53 bits per heavy atom. The number of amides is 2. The fourth-order valence-corrected chi connectivity index (χ4v) is 3.61. The van der Waals surface area contributed by atoms with E-state index in [1.165, 1.54) is 11.6 Å². The first-order valence-electron chi connectivity index (χ1n) is 10.9. The molecular weight excluding hydrogens is 426 g/mol. The number of carbonyl (C=O) groups excluding carboxylic acids is 2. The zero-order chi connectivity index (χ0) is 23.9. The van der Waals surface area contributed by atoms with E-state index in [1.54, 1.807) is 6.07 Å². The fraction of sp³-hybridized carbons (Fsp3) is 0.107. The average Bonchev–Trinajstić information content (AvgIpc) is 2.84. The number of anilines is 1. The van der Waals surface area contributed by atoms with Crippen molar-refractivity contribution in [3.05, 3.63) is 107 Å². The van der Waals surface area contributed by atoms with E-state index in [2.05, 4.69) is 34.0 Å². The highest BCUT2D eigenvalue weighted by atomic mass is 16.5. The molecule has 0 aliphatic carbocycles. The van der Waals surface area contributed by atoms with Crippen molar-refractivity contribution in [3.8, 4) is 5.75 Å². The Bertz CT molecular complexity index is 1370. The van der Waals surface area contributed by atoms with Gasteiger partial charge in [-0.25, -0.2) is 5.43 Å². The van der Waals surface area contributed by atoms with E-state index in [0.717, 1.165) is 27.6 Å². The van der Waals surface area contributed by atoms with Gasteiger partial charge in [-0.1, -0.05) is 72.3 Å². The Morgan fingerprint density at radius 2 is 1.68 bits per heavy atom. The van der Waals surface area contributed by atoms with Gasteiger partial charge in [-0.2, -0.15) is 5.10 Å². The summed E-state index contributed by atoms with van der Waals surface area (Å²) in [5.41, 5.74) is 6.63. The van der Waals surface area contributed by atoms with Crippen molar-refractivity contribution < 1.29 is 14.3 Å². The lowest BCUT2D eigenvalue weighted by atomic mass is 10.1. The largest absolute Gasteiger partial charge is 0.489 e. The molecule has 0 heterocycles. The molecule has 6 heteroatoms. The van der Waals surface area contributed by atoms with Gasteiger partial charge in [0.2, 0.25) is 0 Å². The lowest BCUT2D eigenvalue weighted by Crippen LogP contribution is -2.32. The molecule has 6 nitrogen and oxygen atoms in total. The zero-order valence-corrected chi connectivity index (χ0v) is 19.0. The Labute approximate surface area is 198 Å². The predicted octanol–water partition coefficient (Wildman–Crippen LogP) is 5.12. The van der Waals surface area contributed by atoms with Crippen molar-refractivity contribution in [1.29, 1.82) is 0 Å². The van der Waals surface area contributed by atoms with Gasteiger partial charge in [-0.15, -0.1) is 0 Å². The molecule has 0 aliphatic heterocycles. The van der Waals surface area contributed by atoms with Crippen molar-refractivity contribution in [2.45, 2.75) is 20.5 Å². The molecule has 0 spiro atoms. The third-order valence-electron chi connectivity index (χ3n) is 5.35. The Hall–Kier alpha value is -4.45. The fourth-order valence-electron chi connectivity index (χ4n) is 3.61. The minimum Gasteiger partial charge on any atom is -0.489 e. The maximum absolute atomic E-state index is 12.1. The molecule has 0 atom stereocenters. The first-order chi connectivity index (χ1) is 16.5. The number of benzene rings is 4. The highest BCUT2D eigenvalue weighted by Crippen LogP contribution is 2.21. The molecule has 0 radical (unpaired) electrons. The summed E-state index contributed by atoms with van der Waals surface area (Å²) in [5.74, 6) is -0.952. The number of carbonyl (C=O) groups is 2. The summed E-state index contributed by atoms with van der Waals surface area (Å²) in [6, 6.07) is 27.2. The van der Waals surface area contributed by atoms with Crippen molar-refractivity contribution >= 4 is 34.5 Å². The van der Waals surface area contributed by atoms with Gasteiger partial charge in [-0.3, -0.25) is 9.59 Å². The van der Waals surface area contributed by atoms with Gasteiger partial charge in [0.25, 0.3) is 0 Å². The van der Waals surface area contributed by atoms with Gasteiger partial charge in [0.05, 0.1) is 6.21 Å². The lowest BCUT2D eigenvalue weighted by molar-refractivity contribution is -0.136. The Morgan fingerprint density at radius 1 is 0.882 bits per heavy atom. The van der Waals surface area contributed by atoms with E-state index in [-0.39, 0.29) is 0 Å². The van der Waals surface area contributed by atoms with Gasteiger partial charge in [0, 0.05) is 5.69 Å². The Balaban J connectivity index is 1.34. The number of ether oxygens (including phenoxy) is 1. The zero-order valence-electron chi connectivity index (χ0n) is 19.0. The second kappa shape index (κ2) is 10.4. The summed E-state index contributed by atoms with van der Waals surface area (Å²) in [6.45, 7) is 4.26. The van der Waals surface area contributed by atoms with Crippen LogP contribution in [0.5, 0.6) is 5.75 Å². The molecule has 34 heavy (non-hydrogen) atoms. The van der Waals surface area contributed by atoms with Crippen molar-refractivity contribution in [2.75, 3.05) is 5.32 Å². The van der Waals surface area contributed by atoms with Crippen LogP contribution < -0.4 is 15.5 Å². The van der Waals surface area contributed by atoms with Gasteiger partial charge in [0.1, 0.15) is 12.4 Å². The van der Waals surface area contributed by atoms with E-state index in [0.29, 0.717) is 18.0 Å². The topological polar surface area (TPSA) is 79.8 Å². The predicted molar refractivity (Wildman–Crippen MR) is 135 cm³/mol. The maximum Gasteiger partial charge on any atom is 0.329 e. The van der Waals surface area contributed by atoms with Crippen LogP contribution in [0.2, 0.25) is 0 Å². The summed E-state index contributed by atoms with van der Waals surface area (Å²) in [6.07, 6.45) is 1.47. The Kier molecular flexibility index (Phi) is 6.98. The molecule has 0 saturated heterocycles. The highest BCUT2D eigenvalue weighted by Gasteiger charge is 2.14. The van der Waals surface area contributed by atoms with Crippen molar-refractivity contribution in [1.82, 2.24) is 5.43 Å². The molecule has 0 fully saturated rings. The first kappa shape index (κ1) is 22.7. The lowest BCUT2D eigenvalue weighted by Gasteiger charge is -2.09. The van der Waals surface area contributed by atoms with Gasteiger partial charge < -0.3 is 10.1 Å². The molecule has 0 unspecified atom stereocenters. The molecular formula is C28H25N3O3. The molecule has 0 bridgehead atoms. The molecule has 2 N–H and O–H groups in total. The van der Waals surface area contributed by atoms with Crippen LogP contribution in [0.4, 0.5) is 5.69 Å². The van der Waals surface area contributed by atoms with Crippen LogP contribution in [0.3, 0.4) is 0 Å². The minimum atomic E-state index is -0.848. The standard InChI is InChI=1S/C28H25N3O3/c1-19-13-14-26(20(2)15-19)30-27(32)28(33)31-29-17-21-7-5-11-24(16-21)34-18-23-10-6-9-22-8-3-4-12-25(22)23/h3-17H,18H2,1-2H3,(H,30,32)(H,31,33)/b29-17+. The molecule has 4 rings (SSSR count).